The number of primary amides is 1. The zero-order valence-corrected chi connectivity index (χ0v) is 22.0. The molecule has 0 heterocycles. The molecule has 0 unspecified atom stereocenters. The molecular formula is C28H33N3O8. The number of ketones is 2. The lowest BCUT2D eigenvalue weighted by molar-refractivity contribution is -0.169. The van der Waals surface area contributed by atoms with Crippen LogP contribution in [-0.4, -0.2) is 92.8 Å². The SMILES string of the molecule is C=CCN(CC=C)c1ccc2c(c1O)C(O)=C1C(=O)[C@]3(O)C(O)=C(C(N)=O)C(=O)[C@H](N(C)C)[C@@H]3[C@@H](O)[C@@H]1[C@H]2C. The molecule has 11 nitrogen and oxygen atoms in total. The Hall–Kier alpha value is -3.93. The lowest BCUT2D eigenvalue weighted by Gasteiger charge is -2.53. The molecule has 7 N–H and O–H groups in total. The number of aliphatic hydroxyl groups is 4. The zero-order valence-electron chi connectivity index (χ0n) is 22.0. The van der Waals surface area contributed by atoms with Crippen LogP contribution in [0.3, 0.4) is 0 Å². The molecule has 208 valence electrons. The minimum atomic E-state index is -2.95. The molecule has 0 bridgehead atoms. The molecule has 0 radical (unpaired) electrons. The molecule has 11 heteroatoms. The van der Waals surface area contributed by atoms with E-state index in [4.69, 9.17) is 5.73 Å². The number of fused-ring (bicyclic) bond motifs is 3. The van der Waals surface area contributed by atoms with Gasteiger partial charge in [0.15, 0.2) is 11.4 Å². The Morgan fingerprint density at radius 3 is 2.23 bits per heavy atom. The fraction of sp³-hybridized carbons (Fsp3) is 0.393. The Balaban J connectivity index is 2.01. The van der Waals surface area contributed by atoms with Crippen LogP contribution in [0, 0.1) is 11.8 Å². The third kappa shape index (κ3) is 3.72. The molecule has 1 amide bonds. The molecule has 0 aliphatic heterocycles. The molecule has 1 fully saturated rings. The summed E-state index contributed by atoms with van der Waals surface area (Å²) in [7, 11) is 2.92. The fourth-order valence-corrected chi connectivity index (χ4v) is 6.44. The van der Waals surface area contributed by atoms with Gasteiger partial charge in [0.1, 0.15) is 22.8 Å². The van der Waals surface area contributed by atoms with Crippen LogP contribution in [0.1, 0.15) is 24.0 Å². The van der Waals surface area contributed by atoms with Crippen LogP contribution < -0.4 is 10.6 Å². The molecule has 3 aliphatic carbocycles. The van der Waals surface area contributed by atoms with Crippen LogP contribution in [0.4, 0.5) is 5.69 Å². The maximum Gasteiger partial charge on any atom is 0.255 e. The molecule has 1 aromatic rings. The number of nitrogens with two attached hydrogens (primary N) is 1. The van der Waals surface area contributed by atoms with Gasteiger partial charge in [0.2, 0.25) is 5.78 Å². The molecule has 0 saturated heterocycles. The number of anilines is 1. The van der Waals surface area contributed by atoms with E-state index in [1.165, 1.54) is 19.0 Å². The number of carbonyl (C=O) groups excluding carboxylic acids is 3. The molecule has 4 rings (SSSR count). The normalized spacial score (nSPS) is 30.1. The number of rotatable bonds is 7. The highest BCUT2D eigenvalue weighted by Gasteiger charge is 2.68. The van der Waals surface area contributed by atoms with Crippen molar-refractivity contribution in [2.45, 2.75) is 30.6 Å². The van der Waals surface area contributed by atoms with E-state index in [1.807, 2.05) is 0 Å². The van der Waals surface area contributed by atoms with Crippen LogP contribution >= 0.6 is 0 Å². The molecule has 1 saturated carbocycles. The van der Waals surface area contributed by atoms with E-state index in [0.717, 1.165) is 0 Å². The Kier molecular flexibility index (Phi) is 6.97. The van der Waals surface area contributed by atoms with E-state index in [2.05, 4.69) is 13.2 Å². The van der Waals surface area contributed by atoms with E-state index in [9.17, 15) is 39.9 Å². The molecule has 3 aliphatic rings. The lowest BCUT2D eigenvalue weighted by atomic mass is 9.54. The number of phenols is 1. The van der Waals surface area contributed by atoms with Gasteiger partial charge in [-0.05, 0) is 31.6 Å². The van der Waals surface area contributed by atoms with Gasteiger partial charge in [-0.1, -0.05) is 25.1 Å². The highest BCUT2D eigenvalue weighted by atomic mass is 16.4. The first-order valence-electron chi connectivity index (χ1n) is 12.4. The lowest BCUT2D eigenvalue weighted by Crippen LogP contribution is -2.70. The van der Waals surface area contributed by atoms with Crippen LogP contribution in [0.2, 0.25) is 0 Å². The van der Waals surface area contributed by atoms with Crippen LogP contribution in [-0.2, 0) is 14.4 Å². The van der Waals surface area contributed by atoms with Gasteiger partial charge in [0, 0.05) is 24.6 Å². The monoisotopic (exact) mass is 539 g/mol. The topological polar surface area (TPSA) is 185 Å². The van der Waals surface area contributed by atoms with E-state index in [-0.39, 0.29) is 11.3 Å². The summed E-state index contributed by atoms with van der Waals surface area (Å²) in [6.45, 7) is 9.78. The molecular weight excluding hydrogens is 506 g/mol. The summed E-state index contributed by atoms with van der Waals surface area (Å²) < 4.78 is 0. The predicted molar refractivity (Wildman–Crippen MR) is 143 cm³/mol. The Morgan fingerprint density at radius 1 is 1.13 bits per heavy atom. The number of nitrogens with zero attached hydrogens (tertiary/aromatic N) is 2. The smallest absolute Gasteiger partial charge is 0.255 e. The summed E-state index contributed by atoms with van der Waals surface area (Å²) >= 11 is 0. The number of aliphatic hydroxyl groups excluding tert-OH is 3. The quantitative estimate of drug-likeness (QED) is 0.213. The van der Waals surface area contributed by atoms with Gasteiger partial charge in [-0.3, -0.25) is 19.3 Å². The average molecular weight is 540 g/mol. The maximum absolute atomic E-state index is 14.0. The first-order valence-corrected chi connectivity index (χ1v) is 12.4. The number of carbonyl (C=O) groups is 3. The first-order chi connectivity index (χ1) is 18.3. The third-order valence-corrected chi connectivity index (χ3v) is 8.15. The second-order valence-electron chi connectivity index (χ2n) is 10.4. The Bertz CT molecular complexity index is 1350. The van der Waals surface area contributed by atoms with Crippen molar-refractivity contribution in [2.75, 3.05) is 32.1 Å². The van der Waals surface area contributed by atoms with Gasteiger partial charge in [-0.2, -0.15) is 0 Å². The highest BCUT2D eigenvalue weighted by molar-refractivity contribution is 6.24. The van der Waals surface area contributed by atoms with Crippen molar-refractivity contribution in [3.05, 3.63) is 65.5 Å². The van der Waals surface area contributed by atoms with E-state index >= 15 is 0 Å². The van der Waals surface area contributed by atoms with Crippen LogP contribution in [0.5, 0.6) is 5.75 Å². The van der Waals surface area contributed by atoms with Gasteiger partial charge in [-0.25, -0.2) is 0 Å². The van der Waals surface area contributed by atoms with Gasteiger partial charge in [0.05, 0.1) is 29.3 Å². The summed E-state index contributed by atoms with van der Waals surface area (Å²) in [5, 5.41) is 57.1. The molecule has 1 aromatic carbocycles. The Labute approximate surface area is 225 Å². The zero-order chi connectivity index (χ0) is 29.1. The van der Waals surface area contributed by atoms with Crippen molar-refractivity contribution in [3.8, 4) is 5.75 Å². The molecule has 6 atom stereocenters. The number of Topliss-reactive ketones (excluding diaryl/α,β-unsaturated/α-hetero) is 2. The maximum atomic E-state index is 14.0. The van der Waals surface area contributed by atoms with Crippen molar-refractivity contribution < 1.29 is 39.9 Å². The fourth-order valence-electron chi connectivity index (χ4n) is 6.44. The van der Waals surface area contributed by atoms with Gasteiger partial charge in [0.25, 0.3) is 5.91 Å². The van der Waals surface area contributed by atoms with Crippen molar-refractivity contribution in [1.82, 2.24) is 4.90 Å². The van der Waals surface area contributed by atoms with E-state index < -0.39 is 75.6 Å². The highest BCUT2D eigenvalue weighted by Crippen LogP contribution is 2.56. The van der Waals surface area contributed by atoms with Crippen molar-refractivity contribution in [1.29, 1.82) is 0 Å². The standard InChI is InChI=1S/C28H33N3O8/c1-6-10-31(11-7-2)14-9-8-13-12(3)15-17(22(33)16(13)21(14)32)25(36)28(39)19(23(15)34)20(30(4)5)24(35)18(26(28)37)27(29)38/h6-9,12,15,19-20,23,32-34,37,39H,1-2,10-11H2,3-5H3,(H2,29,38)/t12-,15+,19+,20+,23-,28-/m0/s1. The Morgan fingerprint density at radius 2 is 1.72 bits per heavy atom. The number of likely N-dealkylation sites (N-methyl/N-ethyl adjacent to an activating group) is 1. The molecule has 0 spiro atoms. The average Bonchev–Trinajstić information content (AvgIpc) is 2.85. The van der Waals surface area contributed by atoms with E-state index in [0.29, 0.717) is 24.3 Å². The summed E-state index contributed by atoms with van der Waals surface area (Å²) in [4.78, 5) is 42.4. The number of benzene rings is 1. The third-order valence-electron chi connectivity index (χ3n) is 8.15. The van der Waals surface area contributed by atoms with Crippen molar-refractivity contribution >= 4 is 28.9 Å². The van der Waals surface area contributed by atoms with Crippen LogP contribution in [0.15, 0.2) is 54.3 Å². The number of amides is 1. The van der Waals surface area contributed by atoms with Gasteiger partial charge >= 0.3 is 0 Å². The summed E-state index contributed by atoms with van der Waals surface area (Å²) in [6.07, 6.45) is 1.60. The number of aromatic hydroxyl groups is 1. The summed E-state index contributed by atoms with van der Waals surface area (Å²) in [6, 6.07) is 1.91. The minimum absolute atomic E-state index is 0.0679. The largest absolute Gasteiger partial charge is 0.508 e. The second kappa shape index (κ2) is 9.67. The molecule has 0 aromatic heterocycles. The predicted octanol–water partition coefficient (Wildman–Crippen LogP) is 0.674. The van der Waals surface area contributed by atoms with Crippen LogP contribution in [0.25, 0.3) is 5.76 Å². The van der Waals surface area contributed by atoms with E-state index in [1.54, 1.807) is 36.1 Å². The summed E-state index contributed by atoms with van der Waals surface area (Å²) in [5.74, 6) is -9.19. The van der Waals surface area contributed by atoms with Gasteiger partial charge in [-0.15, -0.1) is 13.2 Å². The van der Waals surface area contributed by atoms with Crippen molar-refractivity contribution in [2.24, 2.45) is 17.6 Å². The van der Waals surface area contributed by atoms with Crippen molar-refractivity contribution in [3.63, 3.8) is 0 Å². The van der Waals surface area contributed by atoms with Gasteiger partial charge < -0.3 is 36.2 Å². The molecule has 39 heavy (non-hydrogen) atoms. The summed E-state index contributed by atoms with van der Waals surface area (Å²) in [5.41, 5.74) is 1.68. The second-order valence-corrected chi connectivity index (χ2v) is 10.4. The number of hydrogen-bond donors (Lipinski definition) is 6. The number of phenolic OH excluding ortho intramolecular Hbond substituents is 1. The first kappa shape index (κ1) is 28.1. The minimum Gasteiger partial charge on any atom is -0.508 e. The number of hydrogen-bond acceptors (Lipinski definition) is 10.